The minimum absolute atomic E-state index is 0.0555. The molecule has 0 radical (unpaired) electrons. The molecule has 1 aromatic heterocycles. The first-order valence-corrected chi connectivity index (χ1v) is 9.20. The quantitative estimate of drug-likeness (QED) is 0.425. The van der Waals surface area contributed by atoms with Crippen molar-refractivity contribution in [3.63, 3.8) is 0 Å². The van der Waals surface area contributed by atoms with Crippen LogP contribution in [0, 0.1) is 5.92 Å². The summed E-state index contributed by atoms with van der Waals surface area (Å²) in [5.74, 6) is 0.953. The standard InChI is InChI=1S/C19H27F2N5O2/c1-3-22-19(23-11-14(2)13-26-10-4-9-25-26)24-12-17(27)15-5-7-16(8-6-15)28-18(20)21/h4-10,14,17-18,27H,3,11-13H2,1-2H3,(H2,22,23,24). The fourth-order valence-electron chi connectivity index (χ4n) is 2.56. The highest BCUT2D eigenvalue weighted by molar-refractivity contribution is 5.79. The highest BCUT2D eigenvalue weighted by Gasteiger charge is 2.11. The zero-order valence-corrected chi connectivity index (χ0v) is 16.1. The van der Waals surface area contributed by atoms with E-state index in [1.54, 1.807) is 18.3 Å². The van der Waals surface area contributed by atoms with Gasteiger partial charge in [-0.2, -0.15) is 13.9 Å². The largest absolute Gasteiger partial charge is 0.435 e. The van der Waals surface area contributed by atoms with Gasteiger partial charge in [0.05, 0.1) is 6.10 Å². The summed E-state index contributed by atoms with van der Waals surface area (Å²) in [7, 11) is 0. The molecule has 0 saturated heterocycles. The highest BCUT2D eigenvalue weighted by atomic mass is 19.3. The smallest absolute Gasteiger partial charge is 0.387 e. The molecule has 0 aliphatic rings. The number of hydrogen-bond acceptors (Lipinski definition) is 4. The summed E-state index contributed by atoms with van der Waals surface area (Å²) in [6.45, 7) is 3.47. The van der Waals surface area contributed by atoms with E-state index in [9.17, 15) is 13.9 Å². The summed E-state index contributed by atoms with van der Waals surface area (Å²) in [5, 5.41) is 20.7. The molecule has 0 amide bonds. The fraction of sp³-hybridized carbons (Fsp3) is 0.474. The van der Waals surface area contributed by atoms with Crippen LogP contribution in [0.3, 0.4) is 0 Å². The fourth-order valence-corrected chi connectivity index (χ4v) is 2.56. The van der Waals surface area contributed by atoms with Crippen LogP contribution in [0.15, 0.2) is 47.7 Å². The summed E-state index contributed by atoms with van der Waals surface area (Å²) in [6, 6.07) is 7.80. The number of benzene rings is 1. The number of ether oxygens (including phenoxy) is 1. The number of aliphatic imine (C=N–C) groups is 1. The Morgan fingerprint density at radius 1 is 1.29 bits per heavy atom. The molecular formula is C19H27F2N5O2. The summed E-state index contributed by atoms with van der Waals surface area (Å²) >= 11 is 0. The molecular weight excluding hydrogens is 368 g/mol. The van der Waals surface area contributed by atoms with Crippen LogP contribution >= 0.6 is 0 Å². The third-order valence-electron chi connectivity index (χ3n) is 3.92. The van der Waals surface area contributed by atoms with Crippen LogP contribution in [0.2, 0.25) is 0 Å². The Labute approximate surface area is 163 Å². The van der Waals surface area contributed by atoms with E-state index in [1.165, 1.54) is 12.1 Å². The number of rotatable bonds is 10. The van der Waals surface area contributed by atoms with E-state index in [-0.39, 0.29) is 12.3 Å². The van der Waals surface area contributed by atoms with Gasteiger partial charge in [0.1, 0.15) is 5.75 Å². The van der Waals surface area contributed by atoms with Gasteiger partial charge in [0.2, 0.25) is 0 Å². The molecule has 0 fully saturated rings. The Balaban J connectivity index is 1.85. The Hall–Kier alpha value is -2.68. The van der Waals surface area contributed by atoms with Crippen LogP contribution in [0.1, 0.15) is 25.5 Å². The SMILES string of the molecule is CCNC(=NCC(C)Cn1cccn1)NCC(O)c1ccc(OC(F)F)cc1. The van der Waals surface area contributed by atoms with E-state index in [2.05, 4.69) is 32.4 Å². The zero-order chi connectivity index (χ0) is 20.4. The van der Waals surface area contributed by atoms with E-state index >= 15 is 0 Å². The minimum Gasteiger partial charge on any atom is -0.435 e. The van der Waals surface area contributed by atoms with Crippen molar-refractivity contribution in [3.8, 4) is 5.75 Å². The summed E-state index contributed by atoms with van der Waals surface area (Å²) in [4.78, 5) is 4.55. The van der Waals surface area contributed by atoms with E-state index in [4.69, 9.17) is 0 Å². The van der Waals surface area contributed by atoms with Gasteiger partial charge < -0.3 is 20.5 Å². The number of guanidine groups is 1. The normalized spacial score (nSPS) is 14.0. The molecule has 154 valence electrons. The number of nitrogens with one attached hydrogen (secondary N) is 2. The molecule has 0 bridgehead atoms. The van der Waals surface area contributed by atoms with Crippen molar-refractivity contribution in [3.05, 3.63) is 48.3 Å². The number of alkyl halides is 2. The molecule has 0 aliphatic heterocycles. The molecule has 2 rings (SSSR count). The number of aliphatic hydroxyl groups excluding tert-OH is 1. The molecule has 3 N–H and O–H groups in total. The third-order valence-corrected chi connectivity index (χ3v) is 3.92. The van der Waals surface area contributed by atoms with Crippen LogP contribution in [0.5, 0.6) is 5.75 Å². The third kappa shape index (κ3) is 7.51. The van der Waals surface area contributed by atoms with Crippen molar-refractivity contribution in [2.75, 3.05) is 19.6 Å². The van der Waals surface area contributed by atoms with Crippen LogP contribution in [0.4, 0.5) is 8.78 Å². The summed E-state index contributed by atoms with van der Waals surface area (Å²) < 4.78 is 30.6. The monoisotopic (exact) mass is 395 g/mol. The molecule has 9 heteroatoms. The Kier molecular flexibility index (Phi) is 8.67. The lowest BCUT2D eigenvalue weighted by Gasteiger charge is -2.17. The van der Waals surface area contributed by atoms with Crippen LogP contribution in [-0.4, -0.2) is 47.1 Å². The van der Waals surface area contributed by atoms with Gasteiger partial charge in [-0.1, -0.05) is 19.1 Å². The Morgan fingerprint density at radius 2 is 2.04 bits per heavy atom. The number of hydrogen-bond donors (Lipinski definition) is 3. The molecule has 2 unspecified atom stereocenters. The predicted octanol–water partition coefficient (Wildman–Crippen LogP) is 2.41. The molecule has 0 saturated carbocycles. The maximum absolute atomic E-state index is 12.2. The molecule has 0 aliphatic carbocycles. The highest BCUT2D eigenvalue weighted by Crippen LogP contribution is 2.19. The van der Waals surface area contributed by atoms with Gasteiger partial charge in [-0.25, -0.2) is 0 Å². The second-order valence-electron chi connectivity index (χ2n) is 6.40. The molecule has 2 aromatic rings. The molecule has 1 heterocycles. The Bertz CT molecular complexity index is 708. The van der Waals surface area contributed by atoms with Gasteiger partial charge >= 0.3 is 6.61 Å². The number of aliphatic hydroxyl groups is 1. The first kappa shape index (κ1) is 21.6. The van der Waals surface area contributed by atoms with E-state index in [1.807, 2.05) is 23.9 Å². The zero-order valence-electron chi connectivity index (χ0n) is 16.1. The molecule has 28 heavy (non-hydrogen) atoms. The average molecular weight is 395 g/mol. The van der Waals surface area contributed by atoms with Crippen molar-refractivity contribution in [1.82, 2.24) is 20.4 Å². The summed E-state index contributed by atoms with van der Waals surface area (Å²) in [5.41, 5.74) is 0.594. The second-order valence-corrected chi connectivity index (χ2v) is 6.40. The lowest BCUT2D eigenvalue weighted by atomic mass is 10.1. The lowest BCUT2D eigenvalue weighted by molar-refractivity contribution is -0.0498. The van der Waals surface area contributed by atoms with Gasteiger partial charge in [-0.05, 0) is 36.6 Å². The van der Waals surface area contributed by atoms with Gasteiger partial charge in [-0.15, -0.1) is 0 Å². The Morgan fingerprint density at radius 3 is 2.64 bits per heavy atom. The maximum atomic E-state index is 12.2. The van der Waals surface area contributed by atoms with Crippen molar-refractivity contribution in [1.29, 1.82) is 0 Å². The molecule has 1 aromatic carbocycles. The average Bonchev–Trinajstić information content (AvgIpc) is 3.17. The van der Waals surface area contributed by atoms with Crippen molar-refractivity contribution in [2.45, 2.75) is 33.1 Å². The number of halogens is 2. The van der Waals surface area contributed by atoms with E-state index < -0.39 is 12.7 Å². The van der Waals surface area contributed by atoms with Crippen molar-refractivity contribution >= 4 is 5.96 Å². The molecule has 0 spiro atoms. The number of nitrogens with zero attached hydrogens (tertiary/aromatic N) is 3. The lowest BCUT2D eigenvalue weighted by Crippen LogP contribution is -2.39. The van der Waals surface area contributed by atoms with Crippen molar-refractivity contribution < 1.29 is 18.6 Å². The van der Waals surface area contributed by atoms with Gasteiger partial charge in [-0.3, -0.25) is 9.67 Å². The van der Waals surface area contributed by atoms with E-state index in [0.29, 0.717) is 30.5 Å². The maximum Gasteiger partial charge on any atom is 0.387 e. The van der Waals surface area contributed by atoms with Gasteiger partial charge in [0.15, 0.2) is 5.96 Å². The topological polar surface area (TPSA) is 83.7 Å². The van der Waals surface area contributed by atoms with Crippen LogP contribution in [-0.2, 0) is 6.54 Å². The predicted molar refractivity (Wildman–Crippen MR) is 103 cm³/mol. The second kappa shape index (κ2) is 11.2. The molecule has 2 atom stereocenters. The van der Waals surface area contributed by atoms with Gasteiger partial charge in [0, 0.05) is 38.6 Å². The first-order chi connectivity index (χ1) is 13.5. The van der Waals surface area contributed by atoms with Crippen LogP contribution < -0.4 is 15.4 Å². The van der Waals surface area contributed by atoms with Gasteiger partial charge in [0.25, 0.3) is 0 Å². The summed E-state index contributed by atoms with van der Waals surface area (Å²) in [6.07, 6.45) is 2.85. The first-order valence-electron chi connectivity index (χ1n) is 9.20. The molecule has 7 nitrogen and oxygen atoms in total. The van der Waals surface area contributed by atoms with E-state index in [0.717, 1.165) is 6.54 Å². The van der Waals surface area contributed by atoms with Crippen molar-refractivity contribution in [2.24, 2.45) is 10.9 Å². The number of aromatic nitrogens is 2. The van der Waals surface area contributed by atoms with Crippen LogP contribution in [0.25, 0.3) is 0 Å². The minimum atomic E-state index is -2.87.